The molecule has 1 aliphatic rings. The van der Waals surface area contributed by atoms with Crippen LogP contribution in [0.1, 0.15) is 46.5 Å². The zero-order chi connectivity index (χ0) is 13.8. The van der Waals surface area contributed by atoms with Gasteiger partial charge >= 0.3 is 0 Å². The van der Waals surface area contributed by atoms with Crippen molar-refractivity contribution in [1.82, 2.24) is 9.80 Å². The van der Waals surface area contributed by atoms with Gasteiger partial charge in [0.05, 0.1) is 5.54 Å². The molecule has 106 valence electrons. The molecule has 1 amide bonds. The van der Waals surface area contributed by atoms with Crippen LogP contribution in [0.15, 0.2) is 0 Å². The zero-order valence-corrected chi connectivity index (χ0v) is 12.4. The van der Waals surface area contributed by atoms with Crippen molar-refractivity contribution < 1.29 is 4.79 Å². The molecule has 0 aromatic carbocycles. The minimum atomic E-state index is -0.670. The smallest absolute Gasteiger partial charge is 0.242 e. The van der Waals surface area contributed by atoms with Gasteiger partial charge in [0, 0.05) is 26.2 Å². The summed E-state index contributed by atoms with van der Waals surface area (Å²) in [5.41, 5.74) is 5.53. The maximum Gasteiger partial charge on any atom is 0.242 e. The quantitative estimate of drug-likeness (QED) is 0.809. The second kappa shape index (κ2) is 6.53. The highest BCUT2D eigenvalue weighted by Crippen LogP contribution is 2.21. The van der Waals surface area contributed by atoms with Gasteiger partial charge in [-0.25, -0.2) is 0 Å². The van der Waals surface area contributed by atoms with Crippen molar-refractivity contribution in [3.8, 4) is 0 Å². The van der Waals surface area contributed by atoms with Crippen LogP contribution in [-0.2, 0) is 4.79 Å². The molecule has 1 rings (SSSR count). The van der Waals surface area contributed by atoms with Crippen LogP contribution in [0.25, 0.3) is 0 Å². The van der Waals surface area contributed by atoms with Gasteiger partial charge in [0.2, 0.25) is 5.91 Å². The fraction of sp³-hybridized carbons (Fsp3) is 0.929. The maximum atomic E-state index is 12.5. The Morgan fingerprint density at radius 1 is 1.28 bits per heavy atom. The molecule has 1 heterocycles. The van der Waals surface area contributed by atoms with Gasteiger partial charge in [-0.15, -0.1) is 0 Å². The summed E-state index contributed by atoms with van der Waals surface area (Å²) in [5.74, 6) is 0.113. The van der Waals surface area contributed by atoms with Crippen LogP contribution in [0.2, 0.25) is 0 Å². The van der Waals surface area contributed by atoms with E-state index in [9.17, 15) is 4.79 Å². The van der Waals surface area contributed by atoms with E-state index < -0.39 is 5.54 Å². The Hall–Kier alpha value is -0.610. The van der Waals surface area contributed by atoms with E-state index in [4.69, 9.17) is 5.73 Å². The zero-order valence-electron chi connectivity index (χ0n) is 12.4. The van der Waals surface area contributed by atoms with Crippen molar-refractivity contribution in [3.05, 3.63) is 0 Å². The third kappa shape index (κ3) is 3.23. The first kappa shape index (κ1) is 15.4. The lowest BCUT2D eigenvalue weighted by molar-refractivity contribution is -0.139. The van der Waals surface area contributed by atoms with Gasteiger partial charge in [-0.3, -0.25) is 4.79 Å². The topological polar surface area (TPSA) is 49.6 Å². The van der Waals surface area contributed by atoms with Crippen molar-refractivity contribution in [2.45, 2.75) is 58.0 Å². The molecule has 0 unspecified atom stereocenters. The molecule has 0 bridgehead atoms. The minimum absolute atomic E-state index is 0.113. The van der Waals surface area contributed by atoms with E-state index in [1.54, 1.807) is 0 Å². The summed E-state index contributed by atoms with van der Waals surface area (Å²) in [6, 6.07) is 0.362. The number of nitrogens with zero attached hydrogens (tertiary/aromatic N) is 2. The van der Waals surface area contributed by atoms with Gasteiger partial charge in [0.25, 0.3) is 0 Å². The summed E-state index contributed by atoms with van der Waals surface area (Å²) in [6.07, 6.45) is 3.56. The number of nitrogens with two attached hydrogens (primary N) is 1. The molecular formula is C14H29N3O. The van der Waals surface area contributed by atoms with Crippen molar-refractivity contribution >= 4 is 5.91 Å². The van der Waals surface area contributed by atoms with E-state index in [-0.39, 0.29) is 5.91 Å². The number of piperidine rings is 1. The fourth-order valence-electron chi connectivity index (χ4n) is 2.69. The van der Waals surface area contributed by atoms with Crippen molar-refractivity contribution in [2.75, 3.05) is 26.7 Å². The van der Waals surface area contributed by atoms with Crippen molar-refractivity contribution in [1.29, 1.82) is 0 Å². The first-order valence-electron chi connectivity index (χ1n) is 7.27. The van der Waals surface area contributed by atoms with Crippen LogP contribution >= 0.6 is 0 Å². The highest BCUT2D eigenvalue weighted by Gasteiger charge is 2.35. The Kier molecular flexibility index (Phi) is 5.60. The van der Waals surface area contributed by atoms with E-state index in [2.05, 4.69) is 11.8 Å². The van der Waals surface area contributed by atoms with Gasteiger partial charge in [-0.1, -0.05) is 20.8 Å². The third-order valence-corrected chi connectivity index (χ3v) is 4.56. The predicted octanol–water partition coefficient (Wildman–Crippen LogP) is 1.45. The summed E-state index contributed by atoms with van der Waals surface area (Å²) in [7, 11) is 1.92. The van der Waals surface area contributed by atoms with E-state index in [1.165, 1.54) is 0 Å². The molecule has 1 aliphatic heterocycles. The molecule has 18 heavy (non-hydrogen) atoms. The SMILES string of the molecule is CCN1CCC(N(C)C(=O)C(N)(CC)CC)CC1. The van der Waals surface area contributed by atoms with Gasteiger partial charge in [-0.2, -0.15) is 0 Å². The van der Waals surface area contributed by atoms with Crippen LogP contribution in [0.4, 0.5) is 0 Å². The fourth-order valence-corrected chi connectivity index (χ4v) is 2.69. The molecular weight excluding hydrogens is 226 g/mol. The Bertz CT molecular complexity index is 268. The number of likely N-dealkylation sites (tertiary alicyclic amines) is 1. The normalized spacial score (nSPS) is 18.9. The summed E-state index contributed by atoms with van der Waals surface area (Å²) in [5, 5.41) is 0. The largest absolute Gasteiger partial charge is 0.341 e. The number of carbonyl (C=O) groups excluding carboxylic acids is 1. The number of carbonyl (C=O) groups is 1. The number of rotatable bonds is 5. The van der Waals surface area contributed by atoms with E-state index in [1.807, 2.05) is 25.8 Å². The minimum Gasteiger partial charge on any atom is -0.341 e. The van der Waals surface area contributed by atoms with E-state index in [0.717, 1.165) is 32.5 Å². The van der Waals surface area contributed by atoms with Crippen molar-refractivity contribution in [3.63, 3.8) is 0 Å². The standard InChI is InChI=1S/C14H29N3O/c1-5-14(15,6-2)13(18)16(4)12-8-10-17(7-3)11-9-12/h12H,5-11,15H2,1-4H3. The molecule has 0 aliphatic carbocycles. The number of hydrogen-bond acceptors (Lipinski definition) is 3. The Morgan fingerprint density at radius 2 is 1.78 bits per heavy atom. The summed E-state index contributed by atoms with van der Waals surface area (Å²) < 4.78 is 0. The lowest BCUT2D eigenvalue weighted by Crippen LogP contribution is -2.57. The molecule has 0 atom stereocenters. The average molecular weight is 255 g/mol. The molecule has 0 saturated carbocycles. The maximum absolute atomic E-state index is 12.5. The number of likely N-dealkylation sites (N-methyl/N-ethyl adjacent to an activating group) is 1. The summed E-state index contributed by atoms with van der Waals surface area (Å²) in [6.45, 7) is 9.47. The van der Waals surface area contributed by atoms with Crippen LogP contribution in [0.5, 0.6) is 0 Å². The monoisotopic (exact) mass is 255 g/mol. The lowest BCUT2D eigenvalue weighted by Gasteiger charge is -2.39. The van der Waals surface area contributed by atoms with E-state index >= 15 is 0 Å². The molecule has 2 N–H and O–H groups in total. The molecule has 4 nitrogen and oxygen atoms in total. The predicted molar refractivity (Wildman–Crippen MR) is 75.4 cm³/mol. The third-order valence-electron chi connectivity index (χ3n) is 4.56. The van der Waals surface area contributed by atoms with Crippen molar-refractivity contribution in [2.24, 2.45) is 5.73 Å². The highest BCUT2D eigenvalue weighted by molar-refractivity contribution is 5.86. The number of amides is 1. The van der Waals surface area contributed by atoms with Crippen LogP contribution < -0.4 is 5.73 Å². The molecule has 4 heteroatoms. The molecule has 0 radical (unpaired) electrons. The Labute approximate surface area is 111 Å². The van der Waals surface area contributed by atoms with Gasteiger partial charge in [-0.05, 0) is 32.2 Å². The summed E-state index contributed by atoms with van der Waals surface area (Å²) in [4.78, 5) is 16.8. The second-order valence-corrected chi connectivity index (χ2v) is 5.44. The van der Waals surface area contributed by atoms with Crippen LogP contribution in [-0.4, -0.2) is 54.0 Å². The molecule has 0 spiro atoms. The van der Waals surface area contributed by atoms with Crippen LogP contribution in [0.3, 0.4) is 0 Å². The average Bonchev–Trinajstić information content (AvgIpc) is 2.44. The first-order valence-corrected chi connectivity index (χ1v) is 7.27. The highest BCUT2D eigenvalue weighted by atomic mass is 16.2. The van der Waals surface area contributed by atoms with E-state index in [0.29, 0.717) is 18.9 Å². The van der Waals surface area contributed by atoms with Gasteiger partial charge in [0.1, 0.15) is 0 Å². The van der Waals surface area contributed by atoms with Gasteiger partial charge in [0.15, 0.2) is 0 Å². The first-order chi connectivity index (χ1) is 8.48. The Morgan fingerprint density at radius 3 is 2.17 bits per heavy atom. The Balaban J connectivity index is 2.59. The molecule has 0 aromatic heterocycles. The van der Waals surface area contributed by atoms with Gasteiger partial charge < -0.3 is 15.5 Å². The second-order valence-electron chi connectivity index (χ2n) is 5.44. The van der Waals surface area contributed by atoms with Crippen LogP contribution in [0, 0.1) is 0 Å². The number of hydrogen-bond donors (Lipinski definition) is 1. The summed E-state index contributed by atoms with van der Waals surface area (Å²) >= 11 is 0. The molecule has 0 aromatic rings. The lowest BCUT2D eigenvalue weighted by atomic mass is 9.91. The molecule has 1 saturated heterocycles. The molecule has 1 fully saturated rings.